The van der Waals surface area contributed by atoms with E-state index in [1.807, 2.05) is 0 Å². The lowest BCUT2D eigenvalue weighted by atomic mass is 10.3. The average molecular weight is 443 g/mol. The summed E-state index contributed by atoms with van der Waals surface area (Å²) in [5.41, 5.74) is 5.91. The predicted octanol–water partition coefficient (Wildman–Crippen LogP) is -0.855. The number of aromatic nitrogens is 4. The average Bonchev–Trinajstić information content (AvgIpc) is 2.97. The van der Waals surface area contributed by atoms with Crippen LogP contribution in [0.1, 0.15) is 6.92 Å². The van der Waals surface area contributed by atoms with E-state index in [4.69, 9.17) is 15.6 Å². The van der Waals surface area contributed by atoms with Gasteiger partial charge in [0, 0.05) is 26.2 Å². The Labute approximate surface area is 173 Å². The fraction of sp³-hybridized carbons (Fsp3) is 0.471. The number of carboxylic acid groups (broad SMARTS) is 1. The van der Waals surface area contributed by atoms with Crippen molar-refractivity contribution in [3.8, 4) is 11.8 Å². The number of aliphatic carboxylic acids is 1. The van der Waals surface area contributed by atoms with E-state index in [2.05, 4.69) is 32.0 Å². The Morgan fingerprint density at radius 1 is 1.26 bits per heavy atom. The van der Waals surface area contributed by atoms with Gasteiger partial charge in [0.1, 0.15) is 18.4 Å². The highest BCUT2D eigenvalue weighted by Crippen LogP contribution is 2.22. The summed E-state index contributed by atoms with van der Waals surface area (Å²) in [6.45, 7) is 4.94. The summed E-state index contributed by atoms with van der Waals surface area (Å²) in [7, 11) is 0. The van der Waals surface area contributed by atoms with Gasteiger partial charge in [0.2, 0.25) is 5.91 Å². The number of imidazole rings is 1. The molecule has 0 unspecified atom stereocenters. The molecule has 3 heterocycles. The number of fused-ring (bicyclic) bond motifs is 1. The molecule has 0 bridgehead atoms. The SMILES string of the molecule is CC#CCn1c(=O)n(CC(N)=O)c2ncnc(N3CCNCC3)c21.O=C(O)C(F)(F)F. The highest BCUT2D eigenvalue weighted by Gasteiger charge is 2.38. The Hall–Kier alpha value is -3.60. The van der Waals surface area contributed by atoms with Gasteiger partial charge < -0.3 is 21.1 Å². The van der Waals surface area contributed by atoms with Crippen LogP contribution in [-0.2, 0) is 22.7 Å². The molecule has 4 N–H and O–H groups in total. The first-order valence-electron chi connectivity index (χ1n) is 8.95. The third-order valence-electron chi connectivity index (χ3n) is 4.16. The topological polar surface area (TPSA) is 148 Å². The molecular weight excluding hydrogens is 423 g/mol. The molecule has 0 aromatic carbocycles. The van der Waals surface area contributed by atoms with Gasteiger partial charge in [0.05, 0.1) is 6.54 Å². The van der Waals surface area contributed by atoms with Crippen molar-refractivity contribution >= 4 is 28.9 Å². The standard InChI is InChI=1S/C15H19N7O2.C2HF3O2/c1-2-3-6-21-12-13(20-7-4-17-5-8-20)18-10-19-14(12)22(15(21)24)9-11(16)23;3-2(4,5)1(6)7/h10,17H,4-9H2,1H3,(H2,16,23);(H,6,7). The molecular formula is C17H20F3N7O4. The predicted molar refractivity (Wildman–Crippen MR) is 103 cm³/mol. The van der Waals surface area contributed by atoms with Crippen molar-refractivity contribution in [2.45, 2.75) is 26.2 Å². The van der Waals surface area contributed by atoms with Gasteiger partial charge in [-0.15, -0.1) is 5.92 Å². The van der Waals surface area contributed by atoms with Crippen LogP contribution in [0.5, 0.6) is 0 Å². The van der Waals surface area contributed by atoms with E-state index in [0.717, 1.165) is 26.2 Å². The molecule has 168 valence electrons. The molecule has 1 saturated heterocycles. The lowest BCUT2D eigenvalue weighted by Crippen LogP contribution is -2.44. The number of amides is 1. The number of anilines is 1. The second-order valence-corrected chi connectivity index (χ2v) is 6.26. The smallest absolute Gasteiger partial charge is 0.475 e. The molecule has 2 aromatic rings. The van der Waals surface area contributed by atoms with E-state index in [9.17, 15) is 22.8 Å². The molecule has 3 rings (SSSR count). The minimum atomic E-state index is -5.08. The molecule has 31 heavy (non-hydrogen) atoms. The van der Waals surface area contributed by atoms with Gasteiger partial charge in [-0.25, -0.2) is 19.6 Å². The Kier molecular flexibility index (Phi) is 7.59. The summed E-state index contributed by atoms with van der Waals surface area (Å²) in [4.78, 5) is 43.6. The molecule has 14 heteroatoms. The zero-order valence-electron chi connectivity index (χ0n) is 16.4. The summed E-state index contributed by atoms with van der Waals surface area (Å²) < 4.78 is 34.5. The largest absolute Gasteiger partial charge is 0.490 e. The summed E-state index contributed by atoms with van der Waals surface area (Å²) in [5.74, 6) is 3.00. The zero-order valence-corrected chi connectivity index (χ0v) is 16.4. The Balaban J connectivity index is 0.000000423. The highest BCUT2D eigenvalue weighted by atomic mass is 19.4. The van der Waals surface area contributed by atoms with Gasteiger partial charge in [-0.2, -0.15) is 13.2 Å². The normalized spacial score (nSPS) is 13.7. The van der Waals surface area contributed by atoms with Crippen molar-refractivity contribution in [2.75, 3.05) is 31.1 Å². The van der Waals surface area contributed by atoms with Crippen LogP contribution in [0.25, 0.3) is 11.2 Å². The first kappa shape index (κ1) is 23.7. The van der Waals surface area contributed by atoms with Crippen molar-refractivity contribution in [1.82, 2.24) is 24.4 Å². The minimum Gasteiger partial charge on any atom is -0.475 e. The van der Waals surface area contributed by atoms with Gasteiger partial charge in [-0.3, -0.25) is 13.9 Å². The number of carbonyl (C=O) groups is 2. The Morgan fingerprint density at radius 3 is 2.39 bits per heavy atom. The number of hydrogen-bond acceptors (Lipinski definition) is 7. The second kappa shape index (κ2) is 9.94. The number of carboxylic acids is 1. The molecule has 2 aromatic heterocycles. The lowest BCUT2D eigenvalue weighted by Gasteiger charge is -2.28. The van der Waals surface area contributed by atoms with E-state index in [1.165, 1.54) is 15.5 Å². The number of rotatable bonds is 4. The van der Waals surface area contributed by atoms with Crippen LogP contribution in [0.3, 0.4) is 0 Å². The maximum absolute atomic E-state index is 12.7. The molecule has 11 nitrogen and oxygen atoms in total. The monoisotopic (exact) mass is 443 g/mol. The second-order valence-electron chi connectivity index (χ2n) is 6.26. The molecule has 1 aliphatic rings. The van der Waals surface area contributed by atoms with E-state index in [-0.39, 0.29) is 18.8 Å². The fourth-order valence-corrected chi connectivity index (χ4v) is 2.84. The number of piperazine rings is 1. The van der Waals surface area contributed by atoms with Crippen LogP contribution >= 0.6 is 0 Å². The first-order valence-corrected chi connectivity index (χ1v) is 8.95. The Morgan fingerprint density at radius 2 is 1.87 bits per heavy atom. The molecule has 1 aliphatic heterocycles. The van der Waals surface area contributed by atoms with Gasteiger partial charge in [0.25, 0.3) is 0 Å². The van der Waals surface area contributed by atoms with Crippen molar-refractivity contribution in [1.29, 1.82) is 0 Å². The molecule has 0 atom stereocenters. The van der Waals surface area contributed by atoms with Crippen molar-refractivity contribution in [3.05, 3.63) is 16.8 Å². The van der Waals surface area contributed by atoms with Crippen LogP contribution in [0.15, 0.2) is 11.1 Å². The van der Waals surface area contributed by atoms with Gasteiger partial charge in [-0.05, 0) is 6.92 Å². The molecule has 0 radical (unpaired) electrons. The summed E-state index contributed by atoms with van der Waals surface area (Å²) >= 11 is 0. The maximum Gasteiger partial charge on any atom is 0.490 e. The fourth-order valence-electron chi connectivity index (χ4n) is 2.84. The number of carbonyl (C=O) groups excluding carboxylic acids is 1. The lowest BCUT2D eigenvalue weighted by molar-refractivity contribution is -0.192. The molecule has 1 fully saturated rings. The summed E-state index contributed by atoms with van der Waals surface area (Å²) in [5, 5.41) is 10.4. The number of nitrogens with one attached hydrogen (secondary N) is 1. The number of nitrogens with zero attached hydrogens (tertiary/aromatic N) is 5. The highest BCUT2D eigenvalue weighted by molar-refractivity contribution is 5.85. The first-order chi connectivity index (χ1) is 14.6. The van der Waals surface area contributed by atoms with Crippen molar-refractivity contribution < 1.29 is 27.9 Å². The van der Waals surface area contributed by atoms with Crippen molar-refractivity contribution in [3.63, 3.8) is 0 Å². The number of primary amides is 1. The third-order valence-corrected chi connectivity index (χ3v) is 4.16. The van der Waals surface area contributed by atoms with Crippen molar-refractivity contribution in [2.24, 2.45) is 5.73 Å². The van der Waals surface area contributed by atoms with E-state index in [0.29, 0.717) is 17.0 Å². The van der Waals surface area contributed by atoms with E-state index in [1.54, 1.807) is 6.92 Å². The van der Waals surface area contributed by atoms with Crippen LogP contribution in [0, 0.1) is 11.8 Å². The number of halogens is 3. The van der Waals surface area contributed by atoms with E-state index >= 15 is 0 Å². The van der Waals surface area contributed by atoms with Crippen LogP contribution < -0.4 is 21.6 Å². The van der Waals surface area contributed by atoms with Crippen LogP contribution in [-0.4, -0.2) is 68.4 Å². The summed E-state index contributed by atoms with van der Waals surface area (Å²) in [6.07, 6.45) is -3.67. The number of alkyl halides is 3. The van der Waals surface area contributed by atoms with Gasteiger partial charge in [0.15, 0.2) is 11.5 Å². The molecule has 0 saturated carbocycles. The Bertz CT molecular complexity index is 1080. The molecule has 1 amide bonds. The quantitative estimate of drug-likeness (QED) is 0.517. The molecule has 0 aliphatic carbocycles. The van der Waals surface area contributed by atoms with Crippen LogP contribution in [0.2, 0.25) is 0 Å². The zero-order chi connectivity index (χ0) is 23.2. The van der Waals surface area contributed by atoms with Gasteiger partial charge in [-0.1, -0.05) is 5.92 Å². The summed E-state index contributed by atoms with van der Waals surface area (Å²) in [6, 6.07) is 0. The molecule has 0 spiro atoms. The number of nitrogens with two attached hydrogens (primary N) is 1. The number of hydrogen-bond donors (Lipinski definition) is 3. The van der Waals surface area contributed by atoms with Crippen LogP contribution in [0.4, 0.5) is 19.0 Å². The van der Waals surface area contributed by atoms with Gasteiger partial charge >= 0.3 is 17.8 Å². The maximum atomic E-state index is 12.7. The third kappa shape index (κ3) is 5.72. The van der Waals surface area contributed by atoms with E-state index < -0.39 is 18.1 Å². The minimum absolute atomic E-state index is 0.212.